The molecule has 1 atom stereocenters. The first-order chi connectivity index (χ1) is 14.6. The molecule has 0 aliphatic carbocycles. The molecule has 1 saturated heterocycles. The number of rotatable bonds is 4. The monoisotopic (exact) mass is 441 g/mol. The molecule has 0 radical (unpaired) electrons. The van der Waals surface area contributed by atoms with Crippen LogP contribution in [-0.2, 0) is 11.3 Å². The summed E-state index contributed by atoms with van der Waals surface area (Å²) in [6.45, 7) is 1.71. The van der Waals surface area contributed by atoms with Gasteiger partial charge in [0.25, 0.3) is 0 Å². The number of fused-ring (bicyclic) bond motifs is 2. The molecule has 0 bridgehead atoms. The molecule has 2 aromatic heterocycles. The molecule has 154 valence electrons. The van der Waals surface area contributed by atoms with Crippen molar-refractivity contribution in [3.63, 3.8) is 0 Å². The van der Waals surface area contributed by atoms with Crippen LogP contribution in [0, 0.1) is 0 Å². The zero-order valence-corrected chi connectivity index (χ0v) is 17.8. The van der Waals surface area contributed by atoms with Gasteiger partial charge in [0.15, 0.2) is 5.58 Å². The second-order valence-electron chi connectivity index (χ2n) is 7.58. The van der Waals surface area contributed by atoms with E-state index in [0.717, 1.165) is 29.9 Å². The molecule has 1 aliphatic rings. The number of carbonyl (C=O) groups is 1. The molecule has 5 rings (SSSR count). The van der Waals surface area contributed by atoms with Crippen molar-refractivity contribution < 1.29 is 9.21 Å². The Balaban J connectivity index is 1.28. The Morgan fingerprint density at radius 3 is 3.00 bits per heavy atom. The van der Waals surface area contributed by atoms with E-state index in [0.29, 0.717) is 22.7 Å². The minimum absolute atomic E-state index is 0.0519. The van der Waals surface area contributed by atoms with E-state index in [1.807, 2.05) is 23.1 Å². The number of aromatic nitrogens is 2. The Bertz CT molecular complexity index is 1260. The summed E-state index contributed by atoms with van der Waals surface area (Å²) in [5.41, 5.74) is 2.12. The minimum atomic E-state index is -0.467. The van der Waals surface area contributed by atoms with Crippen molar-refractivity contribution in [1.29, 1.82) is 0 Å². The Hall–Kier alpha value is -2.64. The standard InChI is InChI=1S/C22H20ClN3O3S/c23-15-7-8-17-18(12-15)29-22(28)26(17)11-9-20(27)25-10-3-4-14(13-25)21-24-16-5-1-2-6-19(16)30-21/h1-2,5-8,12,14H,3-4,9-11,13H2. The Labute approximate surface area is 181 Å². The average molecular weight is 442 g/mol. The van der Waals surface area contributed by atoms with Crippen LogP contribution < -0.4 is 5.76 Å². The van der Waals surface area contributed by atoms with Gasteiger partial charge in [-0.2, -0.15) is 0 Å². The fraction of sp³-hybridized carbons (Fsp3) is 0.318. The molecule has 30 heavy (non-hydrogen) atoms. The summed E-state index contributed by atoms with van der Waals surface area (Å²) in [7, 11) is 0. The summed E-state index contributed by atoms with van der Waals surface area (Å²) >= 11 is 7.68. The highest BCUT2D eigenvalue weighted by atomic mass is 35.5. The summed E-state index contributed by atoms with van der Waals surface area (Å²) in [5, 5.41) is 1.61. The van der Waals surface area contributed by atoms with E-state index in [1.165, 1.54) is 9.27 Å². The Kier molecular flexibility index (Phi) is 5.08. The summed E-state index contributed by atoms with van der Waals surface area (Å²) in [6.07, 6.45) is 2.25. The van der Waals surface area contributed by atoms with Crippen molar-refractivity contribution in [1.82, 2.24) is 14.5 Å². The summed E-state index contributed by atoms with van der Waals surface area (Å²) in [4.78, 5) is 31.8. The number of piperidine rings is 1. The fourth-order valence-electron chi connectivity index (χ4n) is 4.09. The zero-order chi connectivity index (χ0) is 20.7. The van der Waals surface area contributed by atoms with E-state index in [-0.39, 0.29) is 24.8 Å². The van der Waals surface area contributed by atoms with E-state index in [1.54, 1.807) is 29.5 Å². The predicted molar refractivity (Wildman–Crippen MR) is 118 cm³/mol. The number of carbonyl (C=O) groups excluding carboxylic acids is 1. The number of benzene rings is 2. The number of aryl methyl sites for hydroxylation is 1. The highest BCUT2D eigenvalue weighted by molar-refractivity contribution is 7.18. The van der Waals surface area contributed by atoms with Crippen LogP contribution in [0.15, 0.2) is 51.7 Å². The Morgan fingerprint density at radius 2 is 2.13 bits per heavy atom. The van der Waals surface area contributed by atoms with Gasteiger partial charge in [0.2, 0.25) is 5.91 Å². The maximum Gasteiger partial charge on any atom is 0.419 e. The maximum atomic E-state index is 12.9. The van der Waals surface area contributed by atoms with Crippen LogP contribution in [0.4, 0.5) is 0 Å². The number of para-hydroxylation sites is 1. The molecule has 4 aromatic rings. The number of amides is 1. The molecule has 1 fully saturated rings. The number of thiazole rings is 1. The van der Waals surface area contributed by atoms with Crippen LogP contribution in [0.2, 0.25) is 5.02 Å². The highest BCUT2D eigenvalue weighted by Crippen LogP contribution is 2.33. The van der Waals surface area contributed by atoms with Gasteiger partial charge >= 0.3 is 5.76 Å². The fourth-order valence-corrected chi connectivity index (χ4v) is 5.34. The Morgan fingerprint density at radius 1 is 1.27 bits per heavy atom. The van der Waals surface area contributed by atoms with E-state index in [9.17, 15) is 9.59 Å². The third-order valence-electron chi connectivity index (χ3n) is 5.61. The summed E-state index contributed by atoms with van der Waals surface area (Å²) < 4.78 is 7.93. The summed E-state index contributed by atoms with van der Waals surface area (Å²) in [6, 6.07) is 13.2. The third-order valence-corrected chi connectivity index (χ3v) is 7.05. The topological polar surface area (TPSA) is 68.3 Å². The smallest absolute Gasteiger partial charge is 0.408 e. The maximum absolute atomic E-state index is 12.9. The van der Waals surface area contributed by atoms with Gasteiger partial charge in [-0.1, -0.05) is 23.7 Å². The number of hydrogen-bond acceptors (Lipinski definition) is 5. The van der Waals surface area contributed by atoms with Crippen molar-refractivity contribution in [2.75, 3.05) is 13.1 Å². The summed E-state index contributed by atoms with van der Waals surface area (Å²) in [5.74, 6) is -0.151. The third kappa shape index (κ3) is 3.63. The SMILES string of the molecule is O=C(CCn1c(=O)oc2cc(Cl)ccc21)N1CCCC(c2nc3ccccc3s2)C1. The number of nitrogens with zero attached hydrogens (tertiary/aromatic N) is 3. The lowest BCUT2D eigenvalue weighted by molar-refractivity contribution is -0.132. The lowest BCUT2D eigenvalue weighted by Gasteiger charge is -2.32. The lowest BCUT2D eigenvalue weighted by Crippen LogP contribution is -2.39. The van der Waals surface area contributed by atoms with Gasteiger partial charge in [0, 0.05) is 43.1 Å². The molecular weight excluding hydrogens is 422 g/mol. The predicted octanol–water partition coefficient (Wildman–Crippen LogP) is 4.65. The average Bonchev–Trinajstić information content (AvgIpc) is 3.32. The van der Waals surface area contributed by atoms with Gasteiger partial charge in [-0.05, 0) is 37.1 Å². The van der Waals surface area contributed by atoms with Crippen molar-refractivity contribution in [3.05, 3.63) is 63.0 Å². The van der Waals surface area contributed by atoms with Crippen LogP contribution in [0.1, 0.15) is 30.2 Å². The van der Waals surface area contributed by atoms with Crippen LogP contribution >= 0.6 is 22.9 Å². The molecule has 1 aliphatic heterocycles. The van der Waals surface area contributed by atoms with E-state index < -0.39 is 5.76 Å². The molecule has 1 amide bonds. The number of oxazole rings is 1. The second kappa shape index (κ2) is 7.89. The quantitative estimate of drug-likeness (QED) is 0.462. The number of likely N-dealkylation sites (tertiary alicyclic amines) is 1. The molecule has 1 unspecified atom stereocenters. The van der Waals surface area contributed by atoms with Crippen LogP contribution in [-0.4, -0.2) is 33.4 Å². The van der Waals surface area contributed by atoms with Gasteiger partial charge in [-0.25, -0.2) is 9.78 Å². The first-order valence-corrected chi connectivity index (χ1v) is 11.2. The molecule has 3 heterocycles. The van der Waals surface area contributed by atoms with Crippen molar-refractivity contribution in [3.8, 4) is 0 Å². The molecule has 0 spiro atoms. The van der Waals surface area contributed by atoms with Gasteiger partial charge in [0.1, 0.15) is 0 Å². The molecule has 2 aromatic carbocycles. The molecule has 8 heteroatoms. The largest absolute Gasteiger partial charge is 0.419 e. The van der Waals surface area contributed by atoms with Crippen molar-refractivity contribution >= 4 is 50.2 Å². The first kappa shape index (κ1) is 19.3. The number of hydrogen-bond donors (Lipinski definition) is 0. The molecule has 0 saturated carbocycles. The second-order valence-corrected chi connectivity index (χ2v) is 9.08. The molecular formula is C22H20ClN3O3S. The molecule has 0 N–H and O–H groups in total. The van der Waals surface area contributed by atoms with Crippen LogP contribution in [0.5, 0.6) is 0 Å². The zero-order valence-electron chi connectivity index (χ0n) is 16.2. The van der Waals surface area contributed by atoms with E-state index in [2.05, 4.69) is 6.07 Å². The van der Waals surface area contributed by atoms with Gasteiger partial charge in [-0.3, -0.25) is 9.36 Å². The van der Waals surface area contributed by atoms with Crippen LogP contribution in [0.3, 0.4) is 0 Å². The van der Waals surface area contributed by atoms with Crippen molar-refractivity contribution in [2.45, 2.75) is 31.7 Å². The molecule has 6 nitrogen and oxygen atoms in total. The van der Waals surface area contributed by atoms with Gasteiger partial charge in [0.05, 0.1) is 20.7 Å². The van der Waals surface area contributed by atoms with E-state index >= 15 is 0 Å². The highest BCUT2D eigenvalue weighted by Gasteiger charge is 2.27. The normalized spacial score (nSPS) is 17.1. The minimum Gasteiger partial charge on any atom is -0.408 e. The first-order valence-electron chi connectivity index (χ1n) is 10.0. The van der Waals surface area contributed by atoms with Crippen LogP contribution in [0.25, 0.3) is 21.3 Å². The van der Waals surface area contributed by atoms with Gasteiger partial charge < -0.3 is 9.32 Å². The number of halogens is 1. The van der Waals surface area contributed by atoms with E-state index in [4.69, 9.17) is 21.0 Å². The van der Waals surface area contributed by atoms with Crippen molar-refractivity contribution in [2.24, 2.45) is 0 Å². The lowest BCUT2D eigenvalue weighted by atomic mass is 9.98. The van der Waals surface area contributed by atoms with Gasteiger partial charge in [-0.15, -0.1) is 11.3 Å².